The van der Waals surface area contributed by atoms with Crippen molar-refractivity contribution in [2.24, 2.45) is 0 Å². The van der Waals surface area contributed by atoms with Gasteiger partial charge in [-0.3, -0.25) is 4.79 Å². The minimum Gasteiger partial charge on any atom is -0.508 e. The Balaban J connectivity index is 2.65. The van der Waals surface area contributed by atoms with Crippen molar-refractivity contribution in [2.75, 3.05) is 0 Å². The Morgan fingerprint density at radius 2 is 1.50 bits per heavy atom. The molecule has 1 aromatic carbocycles. The average Bonchev–Trinajstić information content (AvgIpc) is 2.54. The fraction of sp³-hybridized carbons (Fsp3) is 0.435. The molecule has 26 heavy (non-hydrogen) atoms. The number of carbonyl (C=O) groups is 1. The summed E-state index contributed by atoms with van der Waals surface area (Å²) in [6.07, 6.45) is 12.0. The van der Waals surface area contributed by atoms with E-state index in [1.165, 1.54) is 22.8 Å². The number of hydrogen-bond donors (Lipinski definition) is 2. The van der Waals surface area contributed by atoms with Crippen molar-refractivity contribution in [3.63, 3.8) is 0 Å². The minimum atomic E-state index is -0.173. The number of allylic oxidation sites excluding steroid dienone is 6. The third kappa shape index (κ3) is 6.91. The second-order valence-corrected chi connectivity index (χ2v) is 7.21. The maximum absolute atomic E-state index is 11.1. The maximum atomic E-state index is 11.1. The molecule has 0 amide bonds. The molecular weight excluding hydrogens is 324 g/mol. The number of benzene rings is 1. The molecule has 0 bridgehead atoms. The summed E-state index contributed by atoms with van der Waals surface area (Å²) in [5.74, 6) is -0.141. The van der Waals surface area contributed by atoms with Crippen LogP contribution in [-0.4, -0.2) is 16.5 Å². The third-order valence-electron chi connectivity index (χ3n) is 4.61. The molecule has 3 heteroatoms. The summed E-state index contributed by atoms with van der Waals surface area (Å²) in [4.78, 5) is 11.1. The molecule has 0 spiro atoms. The van der Waals surface area contributed by atoms with Crippen LogP contribution in [0.25, 0.3) is 0 Å². The molecule has 2 N–H and O–H groups in total. The molecule has 1 rings (SSSR count). The third-order valence-corrected chi connectivity index (χ3v) is 4.61. The van der Waals surface area contributed by atoms with Crippen LogP contribution in [0, 0.1) is 6.92 Å². The minimum absolute atomic E-state index is 0.0321. The van der Waals surface area contributed by atoms with Gasteiger partial charge in [-0.15, -0.1) is 0 Å². The van der Waals surface area contributed by atoms with E-state index in [1.807, 2.05) is 0 Å². The van der Waals surface area contributed by atoms with E-state index in [9.17, 15) is 15.0 Å². The predicted molar refractivity (Wildman–Crippen MR) is 109 cm³/mol. The molecule has 1 aromatic rings. The molecule has 0 aliphatic heterocycles. The van der Waals surface area contributed by atoms with Crippen LogP contribution in [0.1, 0.15) is 74.9 Å². The fourth-order valence-corrected chi connectivity index (χ4v) is 2.86. The molecule has 0 unspecified atom stereocenters. The van der Waals surface area contributed by atoms with Gasteiger partial charge < -0.3 is 10.2 Å². The molecule has 0 heterocycles. The van der Waals surface area contributed by atoms with Crippen LogP contribution in [0.2, 0.25) is 0 Å². The van der Waals surface area contributed by atoms with Crippen LogP contribution in [0.5, 0.6) is 11.5 Å². The normalized spacial score (nSPS) is 12.2. The Hall–Kier alpha value is -2.29. The van der Waals surface area contributed by atoms with Gasteiger partial charge in [0.2, 0.25) is 0 Å². The van der Waals surface area contributed by atoms with E-state index in [0.29, 0.717) is 23.8 Å². The fourth-order valence-electron chi connectivity index (χ4n) is 2.86. The van der Waals surface area contributed by atoms with Gasteiger partial charge in [-0.1, -0.05) is 34.9 Å². The second-order valence-electron chi connectivity index (χ2n) is 7.21. The van der Waals surface area contributed by atoms with Crippen molar-refractivity contribution in [1.29, 1.82) is 0 Å². The molecule has 3 nitrogen and oxygen atoms in total. The number of aromatic hydroxyl groups is 2. The highest BCUT2D eigenvalue weighted by atomic mass is 16.3. The molecule has 0 radical (unpaired) electrons. The predicted octanol–water partition coefficient (Wildman–Crippen LogP) is 6.18. The number of hydrogen-bond acceptors (Lipinski definition) is 3. The van der Waals surface area contributed by atoms with Crippen molar-refractivity contribution in [3.8, 4) is 11.5 Å². The Bertz CT molecular complexity index is 717. The number of phenolic OH excluding ortho intramolecular Hbond substituents is 2. The summed E-state index contributed by atoms with van der Waals surface area (Å²) < 4.78 is 0. The lowest BCUT2D eigenvalue weighted by Gasteiger charge is -2.11. The topological polar surface area (TPSA) is 57.5 Å². The Morgan fingerprint density at radius 1 is 0.923 bits per heavy atom. The van der Waals surface area contributed by atoms with Crippen molar-refractivity contribution >= 4 is 6.29 Å². The van der Waals surface area contributed by atoms with E-state index in [-0.39, 0.29) is 17.1 Å². The zero-order valence-electron chi connectivity index (χ0n) is 16.7. The molecular formula is C23H32O3. The summed E-state index contributed by atoms with van der Waals surface area (Å²) >= 11 is 0. The smallest absolute Gasteiger partial charge is 0.154 e. The Kier molecular flexibility index (Phi) is 8.91. The lowest BCUT2D eigenvalue weighted by molar-refractivity contribution is 0.112. The van der Waals surface area contributed by atoms with Crippen molar-refractivity contribution in [1.82, 2.24) is 0 Å². The van der Waals surface area contributed by atoms with Gasteiger partial charge in [-0.25, -0.2) is 0 Å². The van der Waals surface area contributed by atoms with Gasteiger partial charge >= 0.3 is 0 Å². The maximum Gasteiger partial charge on any atom is 0.154 e. The van der Waals surface area contributed by atoms with Gasteiger partial charge in [0.1, 0.15) is 11.5 Å². The Labute approximate surface area is 157 Å². The molecule has 0 saturated carbocycles. The van der Waals surface area contributed by atoms with Crippen LogP contribution in [-0.2, 0) is 6.42 Å². The number of rotatable bonds is 9. The standard InChI is InChI=1S/C23H32O3/c1-16(2)8-6-9-17(3)10-7-11-18(4)12-13-20-19(5)21(15-24)23(26)14-22(20)25/h8,10,12,14-15,25-26H,6-7,9,11,13H2,1-5H3/b17-10+,18-12+. The molecule has 142 valence electrons. The van der Waals surface area contributed by atoms with E-state index in [0.717, 1.165) is 25.7 Å². The van der Waals surface area contributed by atoms with Crippen molar-refractivity contribution in [2.45, 2.75) is 66.7 Å². The van der Waals surface area contributed by atoms with Gasteiger partial charge in [-0.2, -0.15) is 0 Å². The summed E-state index contributed by atoms with van der Waals surface area (Å²) in [6, 6.07) is 1.24. The monoisotopic (exact) mass is 356 g/mol. The van der Waals surface area contributed by atoms with E-state index in [4.69, 9.17) is 0 Å². The van der Waals surface area contributed by atoms with Crippen molar-refractivity contribution in [3.05, 3.63) is 57.7 Å². The number of phenols is 2. The first-order valence-corrected chi connectivity index (χ1v) is 9.20. The van der Waals surface area contributed by atoms with E-state index in [2.05, 4.69) is 45.9 Å². The van der Waals surface area contributed by atoms with Gasteiger partial charge in [-0.05, 0) is 72.3 Å². The van der Waals surface area contributed by atoms with Gasteiger partial charge in [0, 0.05) is 11.6 Å². The number of carbonyl (C=O) groups excluding carboxylic acids is 1. The highest BCUT2D eigenvalue weighted by molar-refractivity contribution is 5.83. The molecule has 0 aromatic heterocycles. The van der Waals surface area contributed by atoms with Crippen LogP contribution >= 0.6 is 0 Å². The largest absolute Gasteiger partial charge is 0.508 e. The van der Waals surface area contributed by atoms with Crippen LogP contribution in [0.3, 0.4) is 0 Å². The lowest BCUT2D eigenvalue weighted by Crippen LogP contribution is -1.96. The van der Waals surface area contributed by atoms with Crippen LogP contribution in [0.4, 0.5) is 0 Å². The molecule has 0 aliphatic rings. The van der Waals surface area contributed by atoms with Crippen LogP contribution < -0.4 is 0 Å². The highest BCUT2D eigenvalue weighted by Gasteiger charge is 2.13. The zero-order valence-corrected chi connectivity index (χ0v) is 16.7. The quantitative estimate of drug-likeness (QED) is 0.410. The molecule has 0 aliphatic carbocycles. The molecule has 0 saturated heterocycles. The van der Waals surface area contributed by atoms with Gasteiger partial charge in [0.15, 0.2) is 6.29 Å². The zero-order chi connectivity index (χ0) is 19.7. The summed E-state index contributed by atoms with van der Waals surface area (Å²) in [5.41, 5.74) is 5.60. The molecule has 0 atom stereocenters. The second kappa shape index (κ2) is 10.6. The van der Waals surface area contributed by atoms with E-state index >= 15 is 0 Å². The average molecular weight is 357 g/mol. The van der Waals surface area contributed by atoms with Crippen molar-refractivity contribution < 1.29 is 15.0 Å². The lowest BCUT2D eigenvalue weighted by atomic mass is 9.97. The van der Waals surface area contributed by atoms with E-state index < -0.39 is 0 Å². The first-order valence-electron chi connectivity index (χ1n) is 9.20. The first-order chi connectivity index (χ1) is 12.3. The van der Waals surface area contributed by atoms with Gasteiger partial charge in [0.05, 0.1) is 5.56 Å². The highest BCUT2D eigenvalue weighted by Crippen LogP contribution is 2.31. The van der Waals surface area contributed by atoms with Gasteiger partial charge in [0.25, 0.3) is 0 Å². The first kappa shape index (κ1) is 21.8. The number of aldehydes is 1. The van der Waals surface area contributed by atoms with Crippen LogP contribution in [0.15, 0.2) is 41.0 Å². The summed E-state index contributed by atoms with van der Waals surface area (Å²) in [5, 5.41) is 19.8. The van der Waals surface area contributed by atoms with E-state index in [1.54, 1.807) is 6.92 Å². The SMILES string of the molecule is CC(C)=CCC/C(C)=C/CC/C(C)=C/Cc1c(O)cc(O)c(C=O)c1C. The summed E-state index contributed by atoms with van der Waals surface area (Å²) in [7, 11) is 0. The Morgan fingerprint density at radius 3 is 2.08 bits per heavy atom. The molecule has 0 fully saturated rings. The summed E-state index contributed by atoms with van der Waals surface area (Å²) in [6.45, 7) is 10.3.